The smallest absolute Gasteiger partial charge is 0.137 e. The summed E-state index contributed by atoms with van der Waals surface area (Å²) in [5.74, 6) is 3.54. The maximum Gasteiger partial charge on any atom is 0.137 e. The number of aromatic nitrogens is 3. The molecule has 0 aromatic carbocycles. The van der Waals surface area contributed by atoms with E-state index >= 15 is 0 Å². The van der Waals surface area contributed by atoms with Crippen molar-refractivity contribution < 1.29 is 0 Å². The first-order valence-electron chi connectivity index (χ1n) is 4.22. The summed E-state index contributed by atoms with van der Waals surface area (Å²) in [6.07, 6.45) is 6.90. The van der Waals surface area contributed by atoms with E-state index in [0.29, 0.717) is 17.3 Å². The fourth-order valence-electron chi connectivity index (χ4n) is 1.12. The molecule has 0 aliphatic rings. The van der Waals surface area contributed by atoms with E-state index in [1.54, 1.807) is 18.5 Å². The quantitative estimate of drug-likeness (QED) is 0.733. The lowest BCUT2D eigenvalue weighted by Crippen LogP contribution is -1.98. The van der Waals surface area contributed by atoms with Crippen LogP contribution in [0.3, 0.4) is 0 Å². The summed E-state index contributed by atoms with van der Waals surface area (Å²) >= 11 is 1.43. The molecule has 4 nitrogen and oxygen atoms in total. The van der Waals surface area contributed by atoms with Gasteiger partial charge in [0.15, 0.2) is 0 Å². The predicted molar refractivity (Wildman–Crippen MR) is 60.2 cm³/mol. The van der Waals surface area contributed by atoms with Gasteiger partial charge in [-0.2, -0.15) is 0 Å². The van der Waals surface area contributed by atoms with Gasteiger partial charge in [0.2, 0.25) is 0 Å². The molecule has 5 heteroatoms. The van der Waals surface area contributed by atoms with Gasteiger partial charge >= 0.3 is 0 Å². The molecule has 74 valence electrons. The Morgan fingerprint density at radius 1 is 1.47 bits per heavy atom. The summed E-state index contributed by atoms with van der Waals surface area (Å²) in [5, 5.41) is 2.55. The molecule has 0 unspecified atom stereocenters. The molecule has 0 fully saturated rings. The topological polar surface area (TPSA) is 64.7 Å². The van der Waals surface area contributed by atoms with E-state index in [9.17, 15) is 0 Å². The van der Waals surface area contributed by atoms with Crippen LogP contribution in [0.25, 0.3) is 10.6 Å². The molecule has 2 N–H and O–H groups in total. The highest BCUT2D eigenvalue weighted by molar-refractivity contribution is 7.13. The van der Waals surface area contributed by atoms with Crippen LogP contribution in [0.15, 0.2) is 11.6 Å². The highest BCUT2D eigenvalue weighted by Crippen LogP contribution is 2.26. The molecule has 2 aromatic heterocycles. The molecule has 0 atom stereocenters. The lowest BCUT2D eigenvalue weighted by Gasteiger charge is -2.00. The molecule has 0 aliphatic heterocycles. The van der Waals surface area contributed by atoms with Gasteiger partial charge in [-0.05, 0) is 12.8 Å². The maximum atomic E-state index is 5.77. The second-order valence-electron chi connectivity index (χ2n) is 2.90. The summed E-state index contributed by atoms with van der Waals surface area (Å²) in [6.45, 7) is 1.79. The van der Waals surface area contributed by atoms with E-state index in [1.165, 1.54) is 11.3 Å². The fraction of sp³-hybridized carbons (Fsp3) is 0.100. The maximum absolute atomic E-state index is 5.77. The van der Waals surface area contributed by atoms with Gasteiger partial charge in [0.1, 0.15) is 22.3 Å². The first-order chi connectivity index (χ1) is 7.20. The van der Waals surface area contributed by atoms with Crippen LogP contribution >= 0.6 is 11.3 Å². The molecule has 0 saturated heterocycles. The predicted octanol–water partition coefficient (Wildman–Crippen LogP) is 1.47. The van der Waals surface area contributed by atoms with Gasteiger partial charge in [0, 0.05) is 11.6 Å². The Balaban J connectivity index is 2.50. The third kappa shape index (κ3) is 1.80. The average molecular weight is 216 g/mol. The van der Waals surface area contributed by atoms with E-state index < -0.39 is 0 Å². The largest absolute Gasteiger partial charge is 0.383 e. The van der Waals surface area contributed by atoms with Crippen LogP contribution in [0.1, 0.15) is 11.5 Å². The monoisotopic (exact) mass is 216 g/mol. The van der Waals surface area contributed by atoms with Crippen LogP contribution in [-0.4, -0.2) is 15.0 Å². The van der Waals surface area contributed by atoms with Crippen LogP contribution in [0, 0.1) is 19.3 Å². The summed E-state index contributed by atoms with van der Waals surface area (Å²) in [5.41, 5.74) is 7.10. The van der Waals surface area contributed by atoms with Crippen LogP contribution in [0.2, 0.25) is 0 Å². The Hall–Kier alpha value is -1.93. The van der Waals surface area contributed by atoms with Crippen LogP contribution in [-0.2, 0) is 0 Å². The molecular weight excluding hydrogens is 208 g/mol. The minimum absolute atomic E-state index is 0.431. The molecule has 0 radical (unpaired) electrons. The first-order valence-corrected chi connectivity index (χ1v) is 5.10. The lowest BCUT2D eigenvalue weighted by atomic mass is 10.3. The fourth-order valence-corrected chi connectivity index (χ4v) is 1.90. The van der Waals surface area contributed by atoms with Crippen LogP contribution in [0.4, 0.5) is 5.82 Å². The third-order valence-corrected chi connectivity index (χ3v) is 2.70. The number of hydrogen-bond acceptors (Lipinski definition) is 5. The molecule has 2 aromatic rings. The van der Waals surface area contributed by atoms with Crippen molar-refractivity contribution >= 4 is 17.2 Å². The molecule has 15 heavy (non-hydrogen) atoms. The zero-order valence-corrected chi connectivity index (χ0v) is 8.88. The molecule has 0 amide bonds. The highest BCUT2D eigenvalue weighted by Gasteiger charge is 2.08. The number of nitrogens with zero attached hydrogens (tertiary/aromatic N) is 3. The van der Waals surface area contributed by atoms with Gasteiger partial charge < -0.3 is 5.73 Å². The lowest BCUT2D eigenvalue weighted by molar-refractivity contribution is 1.06. The normalized spacial score (nSPS) is 9.87. The van der Waals surface area contributed by atoms with Crippen molar-refractivity contribution in [3.8, 4) is 22.9 Å². The minimum atomic E-state index is 0.431. The number of aryl methyl sites for hydroxylation is 1. The van der Waals surface area contributed by atoms with Crippen molar-refractivity contribution in [3.05, 3.63) is 23.1 Å². The standard InChI is InChI=1S/C10H8N4S/c1-3-7-5-15-10(14-7)8-4-12-6(2)13-9(8)11/h1,4-5H,2H3,(H2,11,12,13). The van der Waals surface area contributed by atoms with E-state index in [-0.39, 0.29) is 0 Å². The van der Waals surface area contributed by atoms with Gasteiger partial charge in [0.05, 0.1) is 5.56 Å². The number of hydrogen-bond donors (Lipinski definition) is 1. The van der Waals surface area contributed by atoms with E-state index in [0.717, 1.165) is 10.6 Å². The second kappa shape index (κ2) is 3.67. The zero-order valence-electron chi connectivity index (χ0n) is 8.06. The molecule has 0 aliphatic carbocycles. The summed E-state index contributed by atoms with van der Waals surface area (Å²) < 4.78 is 0. The van der Waals surface area contributed by atoms with Gasteiger partial charge in [-0.25, -0.2) is 15.0 Å². The minimum Gasteiger partial charge on any atom is -0.383 e. The van der Waals surface area contributed by atoms with Crippen molar-refractivity contribution in [1.29, 1.82) is 0 Å². The molecular formula is C10H8N4S. The van der Waals surface area contributed by atoms with Crippen molar-refractivity contribution in [2.24, 2.45) is 0 Å². The molecule has 0 bridgehead atoms. The van der Waals surface area contributed by atoms with Crippen molar-refractivity contribution in [2.75, 3.05) is 5.73 Å². The SMILES string of the molecule is C#Cc1csc(-c2cnc(C)nc2N)n1. The number of anilines is 1. The molecule has 0 saturated carbocycles. The van der Waals surface area contributed by atoms with Crippen molar-refractivity contribution in [2.45, 2.75) is 6.92 Å². The second-order valence-corrected chi connectivity index (χ2v) is 3.76. The van der Waals surface area contributed by atoms with E-state index in [2.05, 4.69) is 20.9 Å². The number of terminal acetylenes is 1. The Kier molecular flexibility index (Phi) is 2.35. The Bertz CT molecular complexity index is 539. The van der Waals surface area contributed by atoms with Crippen molar-refractivity contribution in [3.63, 3.8) is 0 Å². The van der Waals surface area contributed by atoms with Gasteiger partial charge in [-0.3, -0.25) is 0 Å². The molecule has 2 heterocycles. The number of nitrogens with two attached hydrogens (primary N) is 1. The molecule has 2 rings (SSSR count). The van der Waals surface area contributed by atoms with Gasteiger partial charge in [0.25, 0.3) is 0 Å². The molecule has 0 spiro atoms. The Morgan fingerprint density at radius 2 is 2.27 bits per heavy atom. The number of thiazole rings is 1. The van der Waals surface area contributed by atoms with Gasteiger partial charge in [-0.1, -0.05) is 0 Å². The Labute approximate surface area is 91.2 Å². The summed E-state index contributed by atoms with van der Waals surface area (Å²) in [6, 6.07) is 0. The van der Waals surface area contributed by atoms with Gasteiger partial charge in [-0.15, -0.1) is 17.8 Å². The first kappa shape index (κ1) is 9.62. The zero-order chi connectivity index (χ0) is 10.8. The summed E-state index contributed by atoms with van der Waals surface area (Å²) in [7, 11) is 0. The highest BCUT2D eigenvalue weighted by atomic mass is 32.1. The Morgan fingerprint density at radius 3 is 2.87 bits per heavy atom. The van der Waals surface area contributed by atoms with Crippen molar-refractivity contribution in [1.82, 2.24) is 15.0 Å². The van der Waals surface area contributed by atoms with E-state index in [1.807, 2.05) is 0 Å². The third-order valence-electron chi connectivity index (χ3n) is 1.82. The van der Waals surface area contributed by atoms with E-state index in [4.69, 9.17) is 12.2 Å². The van der Waals surface area contributed by atoms with Crippen LogP contribution in [0.5, 0.6) is 0 Å². The number of rotatable bonds is 1. The average Bonchev–Trinajstić information content (AvgIpc) is 2.66. The van der Waals surface area contributed by atoms with Crippen LogP contribution < -0.4 is 5.73 Å². The number of nitrogen functional groups attached to an aromatic ring is 1. The summed E-state index contributed by atoms with van der Waals surface area (Å²) in [4.78, 5) is 12.4.